The molecule has 1 aromatic heterocycles. The first-order chi connectivity index (χ1) is 12.2. The van der Waals surface area contributed by atoms with Crippen LogP contribution in [0.3, 0.4) is 0 Å². The van der Waals surface area contributed by atoms with E-state index in [2.05, 4.69) is 5.32 Å². The zero-order chi connectivity index (χ0) is 17.6. The van der Waals surface area contributed by atoms with Crippen LogP contribution in [0.15, 0.2) is 66.0 Å². The summed E-state index contributed by atoms with van der Waals surface area (Å²) in [6.45, 7) is 0. The molecule has 1 amide bonds. The average molecular weight is 348 g/mol. The Morgan fingerprint density at radius 1 is 1.04 bits per heavy atom. The summed E-state index contributed by atoms with van der Waals surface area (Å²) in [5.41, 5.74) is 1.29. The quantitative estimate of drug-likeness (QED) is 0.569. The van der Waals surface area contributed by atoms with E-state index in [-0.39, 0.29) is 5.91 Å². The van der Waals surface area contributed by atoms with Gasteiger partial charge in [-0.05, 0) is 53.9 Å². The third-order valence-electron chi connectivity index (χ3n) is 3.30. The fraction of sp³-hybridized carbons (Fsp3) is 0. The lowest BCUT2D eigenvalue weighted by Gasteiger charge is -2.07. The molecule has 0 saturated carbocycles. The Labute approximate surface area is 148 Å². The molecule has 25 heavy (non-hydrogen) atoms. The van der Waals surface area contributed by atoms with E-state index in [1.54, 1.807) is 48.5 Å². The molecule has 0 radical (unpaired) electrons. The topological polar surface area (TPSA) is 79.2 Å². The van der Waals surface area contributed by atoms with E-state index in [4.69, 9.17) is 10.00 Å². The van der Waals surface area contributed by atoms with Crippen molar-refractivity contribution in [3.63, 3.8) is 0 Å². The van der Waals surface area contributed by atoms with E-state index < -0.39 is 5.97 Å². The van der Waals surface area contributed by atoms with E-state index in [9.17, 15) is 9.59 Å². The largest absolute Gasteiger partial charge is 0.423 e. The molecule has 3 aromatic rings. The normalized spacial score (nSPS) is 9.88. The first-order valence-corrected chi connectivity index (χ1v) is 8.21. The molecule has 0 fully saturated rings. The second-order valence-corrected chi connectivity index (χ2v) is 5.99. The average Bonchev–Trinajstić information content (AvgIpc) is 3.18. The molecule has 2 aromatic carbocycles. The minimum Gasteiger partial charge on any atom is -0.423 e. The van der Waals surface area contributed by atoms with E-state index in [0.717, 1.165) is 0 Å². The van der Waals surface area contributed by atoms with E-state index >= 15 is 0 Å². The lowest BCUT2D eigenvalue weighted by atomic mass is 10.1. The Balaban J connectivity index is 1.65. The van der Waals surface area contributed by atoms with Gasteiger partial charge in [-0.2, -0.15) is 5.26 Å². The van der Waals surface area contributed by atoms with Crippen LogP contribution in [0.25, 0.3) is 0 Å². The molecule has 0 saturated heterocycles. The van der Waals surface area contributed by atoms with Crippen molar-refractivity contribution in [1.29, 1.82) is 5.26 Å². The highest BCUT2D eigenvalue weighted by molar-refractivity contribution is 7.12. The number of nitrogens with zero attached hydrogens (tertiary/aromatic N) is 1. The van der Waals surface area contributed by atoms with Crippen molar-refractivity contribution in [2.24, 2.45) is 0 Å². The number of hydrogen-bond donors (Lipinski definition) is 1. The Morgan fingerprint density at radius 3 is 2.52 bits per heavy atom. The molecule has 1 N–H and O–H groups in total. The Kier molecular flexibility index (Phi) is 4.88. The molecule has 3 rings (SSSR count). The van der Waals surface area contributed by atoms with Gasteiger partial charge in [-0.15, -0.1) is 11.3 Å². The smallest absolute Gasteiger partial charge is 0.343 e. The summed E-state index contributed by atoms with van der Waals surface area (Å²) in [4.78, 5) is 24.7. The van der Waals surface area contributed by atoms with Crippen molar-refractivity contribution in [2.45, 2.75) is 0 Å². The van der Waals surface area contributed by atoms with Gasteiger partial charge in [0.05, 0.1) is 22.1 Å². The SMILES string of the molecule is N#Cc1cccc(C(=O)Oc2ccc(NC(=O)c3cccs3)cc2)c1. The Hall–Kier alpha value is -3.43. The van der Waals surface area contributed by atoms with Crippen LogP contribution in [0, 0.1) is 11.3 Å². The molecule has 122 valence electrons. The van der Waals surface area contributed by atoms with Crippen LogP contribution in [0.2, 0.25) is 0 Å². The monoisotopic (exact) mass is 348 g/mol. The molecule has 0 unspecified atom stereocenters. The summed E-state index contributed by atoms with van der Waals surface area (Å²) in [5, 5.41) is 13.5. The predicted octanol–water partition coefficient (Wildman–Crippen LogP) is 4.09. The van der Waals surface area contributed by atoms with Gasteiger partial charge in [-0.3, -0.25) is 4.79 Å². The minimum absolute atomic E-state index is 0.187. The number of benzene rings is 2. The molecule has 1 heterocycles. The molecular weight excluding hydrogens is 336 g/mol. The zero-order valence-electron chi connectivity index (χ0n) is 12.9. The number of hydrogen-bond acceptors (Lipinski definition) is 5. The lowest BCUT2D eigenvalue weighted by molar-refractivity contribution is 0.0734. The third-order valence-corrected chi connectivity index (χ3v) is 4.16. The maximum Gasteiger partial charge on any atom is 0.343 e. The van der Waals surface area contributed by atoms with Gasteiger partial charge in [0.1, 0.15) is 5.75 Å². The molecule has 0 aliphatic heterocycles. The molecule has 5 nitrogen and oxygen atoms in total. The number of esters is 1. The summed E-state index contributed by atoms with van der Waals surface area (Å²) >= 11 is 1.36. The molecule has 0 spiro atoms. The van der Waals surface area contributed by atoms with Crippen molar-refractivity contribution in [1.82, 2.24) is 0 Å². The number of ether oxygens (including phenoxy) is 1. The van der Waals surface area contributed by atoms with Crippen LogP contribution in [0.5, 0.6) is 5.75 Å². The Bertz CT molecular complexity index is 942. The molecule has 6 heteroatoms. The maximum atomic E-state index is 12.1. The van der Waals surface area contributed by atoms with Crippen LogP contribution in [0.1, 0.15) is 25.6 Å². The zero-order valence-corrected chi connectivity index (χ0v) is 13.7. The van der Waals surface area contributed by atoms with Gasteiger partial charge in [0.2, 0.25) is 0 Å². The summed E-state index contributed by atoms with van der Waals surface area (Å²) in [6.07, 6.45) is 0. The van der Waals surface area contributed by atoms with E-state index in [0.29, 0.717) is 27.4 Å². The van der Waals surface area contributed by atoms with Crippen molar-refractivity contribution in [3.8, 4) is 11.8 Å². The van der Waals surface area contributed by atoms with E-state index in [1.807, 2.05) is 17.5 Å². The van der Waals surface area contributed by atoms with Crippen molar-refractivity contribution >= 4 is 28.9 Å². The van der Waals surface area contributed by atoms with Crippen LogP contribution in [0.4, 0.5) is 5.69 Å². The highest BCUT2D eigenvalue weighted by Crippen LogP contribution is 2.19. The van der Waals surface area contributed by atoms with Gasteiger partial charge in [-0.1, -0.05) is 12.1 Å². The highest BCUT2D eigenvalue weighted by Gasteiger charge is 2.10. The third kappa shape index (κ3) is 4.10. The number of rotatable bonds is 4. The number of thiophene rings is 1. The number of nitriles is 1. The second kappa shape index (κ2) is 7.43. The predicted molar refractivity (Wildman–Crippen MR) is 94.8 cm³/mol. The molecule has 0 aliphatic carbocycles. The van der Waals surface area contributed by atoms with Gasteiger partial charge < -0.3 is 10.1 Å². The first-order valence-electron chi connectivity index (χ1n) is 7.33. The molecule has 0 bridgehead atoms. The summed E-state index contributed by atoms with van der Waals surface area (Å²) in [6, 6.07) is 18.3. The lowest BCUT2D eigenvalue weighted by Crippen LogP contribution is -2.10. The summed E-state index contributed by atoms with van der Waals surface area (Å²) in [5.74, 6) is -0.387. The second-order valence-electron chi connectivity index (χ2n) is 5.04. The highest BCUT2D eigenvalue weighted by atomic mass is 32.1. The summed E-state index contributed by atoms with van der Waals surface area (Å²) in [7, 11) is 0. The standard InChI is InChI=1S/C19H12N2O3S/c20-12-13-3-1-4-14(11-13)19(23)24-16-8-6-15(7-9-16)21-18(22)17-5-2-10-25-17/h1-11H,(H,21,22). The Morgan fingerprint density at radius 2 is 1.84 bits per heavy atom. The van der Waals surface area contributed by atoms with Crippen LogP contribution < -0.4 is 10.1 Å². The number of carbonyl (C=O) groups is 2. The number of nitrogens with one attached hydrogen (secondary N) is 1. The van der Waals surface area contributed by atoms with Gasteiger partial charge in [0.25, 0.3) is 5.91 Å². The van der Waals surface area contributed by atoms with E-state index in [1.165, 1.54) is 17.4 Å². The van der Waals surface area contributed by atoms with Crippen molar-refractivity contribution < 1.29 is 14.3 Å². The van der Waals surface area contributed by atoms with Crippen LogP contribution in [-0.4, -0.2) is 11.9 Å². The molecular formula is C19H12N2O3S. The van der Waals surface area contributed by atoms with Crippen LogP contribution >= 0.6 is 11.3 Å². The maximum absolute atomic E-state index is 12.1. The number of amides is 1. The van der Waals surface area contributed by atoms with Crippen molar-refractivity contribution in [3.05, 3.63) is 82.0 Å². The van der Waals surface area contributed by atoms with Gasteiger partial charge in [-0.25, -0.2) is 4.79 Å². The molecule has 0 atom stereocenters. The van der Waals surface area contributed by atoms with Crippen LogP contribution in [-0.2, 0) is 0 Å². The number of carbonyl (C=O) groups excluding carboxylic acids is 2. The fourth-order valence-electron chi connectivity index (χ4n) is 2.09. The minimum atomic E-state index is -0.549. The van der Waals surface area contributed by atoms with Gasteiger partial charge in [0, 0.05) is 5.69 Å². The number of anilines is 1. The first kappa shape index (κ1) is 16.4. The van der Waals surface area contributed by atoms with Gasteiger partial charge >= 0.3 is 5.97 Å². The fourth-order valence-corrected chi connectivity index (χ4v) is 2.71. The van der Waals surface area contributed by atoms with Gasteiger partial charge in [0.15, 0.2) is 0 Å². The summed E-state index contributed by atoms with van der Waals surface area (Å²) < 4.78 is 5.27. The molecule has 0 aliphatic rings. The van der Waals surface area contributed by atoms with Crippen molar-refractivity contribution in [2.75, 3.05) is 5.32 Å².